The molecule has 2 saturated heterocycles. The predicted octanol–water partition coefficient (Wildman–Crippen LogP) is -0.203. The Labute approximate surface area is 176 Å². The van der Waals surface area contributed by atoms with E-state index in [1.807, 2.05) is 18.7 Å². The molecule has 164 valence electrons. The Morgan fingerprint density at radius 1 is 1.23 bits per heavy atom. The van der Waals surface area contributed by atoms with Gasteiger partial charge in [0, 0.05) is 50.0 Å². The van der Waals surface area contributed by atoms with Crippen molar-refractivity contribution in [1.82, 2.24) is 35.7 Å². The summed E-state index contributed by atoms with van der Waals surface area (Å²) in [5.41, 5.74) is 0. The quantitative estimate of drug-likeness (QED) is 0.511. The van der Waals surface area contributed by atoms with Crippen LogP contribution in [0, 0.1) is 5.92 Å². The second kappa shape index (κ2) is 8.63. The van der Waals surface area contributed by atoms with Crippen LogP contribution in [0.25, 0.3) is 0 Å². The van der Waals surface area contributed by atoms with E-state index in [1.54, 1.807) is 12.4 Å². The first-order valence-corrected chi connectivity index (χ1v) is 10.8. The number of H-pyrrole nitrogens is 1. The lowest BCUT2D eigenvalue weighted by Gasteiger charge is -2.24. The summed E-state index contributed by atoms with van der Waals surface area (Å²) in [6, 6.07) is -0.877. The minimum atomic E-state index is -0.582. The molecule has 10 nitrogen and oxygen atoms in total. The monoisotopic (exact) mass is 417 g/mol. The van der Waals surface area contributed by atoms with E-state index >= 15 is 0 Å². The Hall–Kier alpha value is -2.62. The Bertz CT molecular complexity index is 777. The maximum absolute atomic E-state index is 13.3. The molecule has 0 aromatic carbocycles. The lowest BCUT2D eigenvalue weighted by molar-refractivity contribution is -0.136. The SMILES string of the molecule is CC(C)NC(=O)N[C@H]1C[C@H]2CN(Cc3ncc[nH]3)C[C@H](NC(=O)C3CC3)C(=O)N2C1. The Morgan fingerprint density at radius 2 is 2.03 bits per heavy atom. The molecule has 3 fully saturated rings. The maximum atomic E-state index is 13.3. The van der Waals surface area contributed by atoms with E-state index in [4.69, 9.17) is 0 Å². The summed E-state index contributed by atoms with van der Waals surface area (Å²) in [4.78, 5) is 49.2. The number of imidazole rings is 1. The van der Waals surface area contributed by atoms with Gasteiger partial charge in [-0.3, -0.25) is 14.5 Å². The molecule has 0 spiro atoms. The lowest BCUT2D eigenvalue weighted by Crippen LogP contribution is -2.52. The third kappa shape index (κ3) is 4.92. The Kier molecular flexibility index (Phi) is 5.94. The summed E-state index contributed by atoms with van der Waals surface area (Å²) in [5, 5.41) is 8.79. The van der Waals surface area contributed by atoms with Crippen molar-refractivity contribution in [2.75, 3.05) is 19.6 Å². The van der Waals surface area contributed by atoms with Crippen molar-refractivity contribution in [3.63, 3.8) is 0 Å². The first-order valence-electron chi connectivity index (χ1n) is 10.8. The molecule has 0 bridgehead atoms. The van der Waals surface area contributed by atoms with Crippen LogP contribution < -0.4 is 16.0 Å². The average Bonchev–Trinajstić information content (AvgIpc) is 3.30. The molecule has 3 heterocycles. The molecular formula is C20H31N7O3. The molecule has 0 unspecified atom stereocenters. The zero-order valence-electron chi connectivity index (χ0n) is 17.6. The van der Waals surface area contributed by atoms with Gasteiger partial charge in [-0.05, 0) is 33.1 Å². The van der Waals surface area contributed by atoms with E-state index in [0.717, 1.165) is 18.7 Å². The van der Waals surface area contributed by atoms with Gasteiger partial charge in [-0.1, -0.05) is 0 Å². The molecule has 4 N–H and O–H groups in total. The summed E-state index contributed by atoms with van der Waals surface area (Å²) >= 11 is 0. The molecule has 4 amide bonds. The Morgan fingerprint density at radius 3 is 2.70 bits per heavy atom. The molecule has 1 aromatic rings. The van der Waals surface area contributed by atoms with Gasteiger partial charge in [-0.15, -0.1) is 0 Å². The van der Waals surface area contributed by atoms with Crippen molar-refractivity contribution in [3.8, 4) is 0 Å². The number of aromatic nitrogens is 2. The van der Waals surface area contributed by atoms with Crippen LogP contribution in [0.3, 0.4) is 0 Å². The maximum Gasteiger partial charge on any atom is 0.315 e. The molecule has 3 atom stereocenters. The number of urea groups is 1. The van der Waals surface area contributed by atoms with Crippen LogP contribution in [0.1, 0.15) is 38.9 Å². The molecule has 10 heteroatoms. The van der Waals surface area contributed by atoms with E-state index in [2.05, 4.69) is 30.8 Å². The topological polar surface area (TPSA) is 122 Å². The highest BCUT2D eigenvalue weighted by Gasteiger charge is 2.44. The van der Waals surface area contributed by atoms with Crippen LogP contribution in [0.2, 0.25) is 0 Å². The molecule has 1 aliphatic carbocycles. The van der Waals surface area contributed by atoms with Crippen molar-refractivity contribution in [2.24, 2.45) is 5.92 Å². The standard InChI is InChI=1S/C20H31N7O3/c1-12(2)23-20(30)24-14-7-15-9-26(11-17-21-5-6-22-17)10-16(19(29)27(15)8-14)25-18(28)13-3-4-13/h5-6,12-16H,3-4,7-11H2,1-2H3,(H,21,22)(H,25,28)(H2,23,24,30)/t14-,15-,16-/m0/s1. The molecule has 1 saturated carbocycles. The number of amides is 4. The number of fused-ring (bicyclic) bond motifs is 1. The highest BCUT2D eigenvalue weighted by atomic mass is 16.2. The highest BCUT2D eigenvalue weighted by molar-refractivity contribution is 5.90. The van der Waals surface area contributed by atoms with Crippen LogP contribution >= 0.6 is 0 Å². The Balaban J connectivity index is 1.46. The second-order valence-electron chi connectivity index (χ2n) is 8.91. The number of nitrogens with one attached hydrogen (secondary N) is 4. The molecule has 1 aromatic heterocycles. The van der Waals surface area contributed by atoms with Gasteiger partial charge in [0.25, 0.3) is 0 Å². The van der Waals surface area contributed by atoms with Crippen molar-refractivity contribution >= 4 is 17.8 Å². The fraction of sp³-hybridized carbons (Fsp3) is 0.700. The van der Waals surface area contributed by atoms with Crippen molar-refractivity contribution in [3.05, 3.63) is 18.2 Å². The average molecular weight is 418 g/mol. The number of hydrogen-bond donors (Lipinski definition) is 4. The van der Waals surface area contributed by atoms with Crippen molar-refractivity contribution < 1.29 is 14.4 Å². The van der Waals surface area contributed by atoms with Crippen LogP contribution in [-0.4, -0.2) is 81.4 Å². The predicted molar refractivity (Wildman–Crippen MR) is 109 cm³/mol. The van der Waals surface area contributed by atoms with E-state index in [1.165, 1.54) is 0 Å². The molecule has 30 heavy (non-hydrogen) atoms. The smallest absolute Gasteiger partial charge is 0.315 e. The molecule has 2 aliphatic heterocycles. The number of aromatic amines is 1. The number of nitrogens with zero attached hydrogens (tertiary/aromatic N) is 3. The summed E-state index contributed by atoms with van der Waals surface area (Å²) < 4.78 is 0. The van der Waals surface area contributed by atoms with E-state index in [0.29, 0.717) is 32.6 Å². The van der Waals surface area contributed by atoms with Gasteiger partial charge in [-0.2, -0.15) is 0 Å². The van der Waals surface area contributed by atoms with Crippen LogP contribution in [-0.2, 0) is 16.1 Å². The minimum absolute atomic E-state index is 0.0142. The van der Waals surface area contributed by atoms with Gasteiger partial charge < -0.3 is 25.8 Å². The normalized spacial score (nSPS) is 27.0. The summed E-state index contributed by atoms with van der Waals surface area (Å²) in [5.74, 6) is 0.773. The fourth-order valence-corrected chi connectivity index (χ4v) is 4.33. The van der Waals surface area contributed by atoms with Crippen molar-refractivity contribution in [2.45, 2.75) is 63.8 Å². The summed E-state index contributed by atoms with van der Waals surface area (Å²) in [6.45, 7) is 5.98. The van der Waals surface area contributed by atoms with E-state index < -0.39 is 6.04 Å². The third-order valence-corrected chi connectivity index (χ3v) is 5.85. The van der Waals surface area contributed by atoms with Gasteiger partial charge in [-0.25, -0.2) is 9.78 Å². The molecular weight excluding hydrogens is 386 g/mol. The first-order chi connectivity index (χ1) is 14.4. The van der Waals surface area contributed by atoms with Crippen LogP contribution in [0.4, 0.5) is 4.79 Å². The van der Waals surface area contributed by atoms with Gasteiger partial charge in [0.1, 0.15) is 11.9 Å². The highest BCUT2D eigenvalue weighted by Crippen LogP contribution is 2.29. The van der Waals surface area contributed by atoms with Crippen LogP contribution in [0.5, 0.6) is 0 Å². The number of hydrogen-bond acceptors (Lipinski definition) is 5. The lowest BCUT2D eigenvalue weighted by atomic mass is 10.1. The van der Waals surface area contributed by atoms with Gasteiger partial charge in [0.15, 0.2) is 0 Å². The fourth-order valence-electron chi connectivity index (χ4n) is 4.33. The molecule has 4 rings (SSSR count). The summed E-state index contributed by atoms with van der Waals surface area (Å²) in [7, 11) is 0. The third-order valence-electron chi connectivity index (χ3n) is 5.85. The number of carbonyl (C=O) groups is 3. The molecule has 0 radical (unpaired) electrons. The van der Waals surface area contributed by atoms with Crippen LogP contribution in [0.15, 0.2) is 12.4 Å². The zero-order chi connectivity index (χ0) is 21.3. The van der Waals surface area contributed by atoms with Crippen molar-refractivity contribution in [1.29, 1.82) is 0 Å². The second-order valence-corrected chi connectivity index (χ2v) is 8.91. The van der Waals surface area contributed by atoms with Gasteiger partial charge in [0.05, 0.1) is 12.6 Å². The largest absolute Gasteiger partial charge is 0.348 e. The molecule has 3 aliphatic rings. The summed E-state index contributed by atoms with van der Waals surface area (Å²) in [6.07, 6.45) is 5.97. The van der Waals surface area contributed by atoms with Gasteiger partial charge in [0.2, 0.25) is 11.8 Å². The number of carbonyl (C=O) groups excluding carboxylic acids is 3. The van der Waals surface area contributed by atoms with Gasteiger partial charge >= 0.3 is 6.03 Å². The first kappa shape index (κ1) is 20.6. The number of rotatable bonds is 6. The zero-order valence-corrected chi connectivity index (χ0v) is 17.6. The minimum Gasteiger partial charge on any atom is -0.348 e. The van der Waals surface area contributed by atoms with E-state index in [-0.39, 0.29) is 41.9 Å². The van der Waals surface area contributed by atoms with E-state index in [9.17, 15) is 14.4 Å².